The van der Waals surface area contributed by atoms with Crippen molar-refractivity contribution in [3.8, 4) is 0 Å². The highest BCUT2D eigenvalue weighted by atomic mass is 35.5. The van der Waals surface area contributed by atoms with Crippen LogP contribution in [0.5, 0.6) is 0 Å². The van der Waals surface area contributed by atoms with Gasteiger partial charge in [0.1, 0.15) is 0 Å². The summed E-state index contributed by atoms with van der Waals surface area (Å²) in [5.74, 6) is -1.50. The maximum Gasteiger partial charge on any atom is 0.220 e. The standard InChI is InChI=1S/C17H25F2N3O.2ClH/c1-20-8-2-3-17(23)21-14-6-9-22(10-7-14)12-13-4-5-15(18)16(19)11-13;;/h4-5,11,14,20H,2-3,6-10,12H2,1H3,(H,21,23);2*1H. The highest BCUT2D eigenvalue weighted by molar-refractivity contribution is 5.85. The molecule has 2 N–H and O–H groups in total. The van der Waals surface area contributed by atoms with Gasteiger partial charge in [-0.2, -0.15) is 0 Å². The van der Waals surface area contributed by atoms with Crippen LogP contribution in [0.2, 0.25) is 0 Å². The summed E-state index contributed by atoms with van der Waals surface area (Å²) in [5, 5.41) is 6.10. The predicted molar refractivity (Wildman–Crippen MR) is 100 cm³/mol. The van der Waals surface area contributed by atoms with Gasteiger partial charge < -0.3 is 10.6 Å². The van der Waals surface area contributed by atoms with E-state index >= 15 is 0 Å². The lowest BCUT2D eigenvalue weighted by Gasteiger charge is -2.32. The van der Waals surface area contributed by atoms with Crippen molar-refractivity contribution < 1.29 is 13.6 Å². The van der Waals surface area contributed by atoms with Crippen LogP contribution in [0.25, 0.3) is 0 Å². The molecule has 0 atom stereocenters. The second-order valence-corrected chi connectivity index (χ2v) is 6.07. The van der Waals surface area contributed by atoms with Crippen LogP contribution in [-0.2, 0) is 11.3 Å². The molecule has 0 bridgehead atoms. The zero-order chi connectivity index (χ0) is 16.7. The van der Waals surface area contributed by atoms with Crippen molar-refractivity contribution in [2.24, 2.45) is 0 Å². The Balaban J connectivity index is 0.00000288. The summed E-state index contributed by atoms with van der Waals surface area (Å²) < 4.78 is 26.1. The lowest BCUT2D eigenvalue weighted by molar-refractivity contribution is -0.122. The quantitative estimate of drug-likeness (QED) is 0.695. The van der Waals surface area contributed by atoms with Gasteiger partial charge in [0.15, 0.2) is 11.6 Å². The molecule has 0 aliphatic carbocycles. The van der Waals surface area contributed by atoms with Crippen LogP contribution in [0.4, 0.5) is 8.78 Å². The predicted octanol–water partition coefficient (Wildman–Crippen LogP) is 2.89. The van der Waals surface area contributed by atoms with Gasteiger partial charge in [0.25, 0.3) is 0 Å². The third kappa shape index (κ3) is 8.31. The number of nitrogens with one attached hydrogen (secondary N) is 2. The number of carbonyl (C=O) groups is 1. The van der Waals surface area contributed by atoms with Crippen molar-refractivity contribution in [3.05, 3.63) is 35.4 Å². The Bertz CT molecular complexity index is 527. The molecule has 1 saturated heterocycles. The third-order valence-electron chi connectivity index (χ3n) is 4.17. The van der Waals surface area contributed by atoms with Gasteiger partial charge in [-0.1, -0.05) is 6.07 Å². The third-order valence-corrected chi connectivity index (χ3v) is 4.17. The van der Waals surface area contributed by atoms with Crippen LogP contribution >= 0.6 is 24.8 Å². The number of amides is 1. The molecule has 1 fully saturated rings. The Morgan fingerprint density at radius 1 is 1.20 bits per heavy atom. The van der Waals surface area contributed by atoms with E-state index in [1.165, 1.54) is 12.1 Å². The van der Waals surface area contributed by atoms with Crippen LogP contribution < -0.4 is 10.6 Å². The normalized spacial score (nSPS) is 15.2. The smallest absolute Gasteiger partial charge is 0.220 e. The SMILES string of the molecule is CNCCCC(=O)NC1CCN(Cc2ccc(F)c(F)c2)CC1.Cl.Cl. The van der Waals surface area contributed by atoms with Gasteiger partial charge in [0.2, 0.25) is 5.91 Å². The first-order chi connectivity index (χ1) is 11.1. The summed E-state index contributed by atoms with van der Waals surface area (Å²) in [6.07, 6.45) is 3.18. The van der Waals surface area contributed by atoms with E-state index in [0.29, 0.717) is 13.0 Å². The molecular weight excluding hydrogens is 371 g/mol. The lowest BCUT2D eigenvalue weighted by Crippen LogP contribution is -2.44. The number of piperidine rings is 1. The number of hydrogen-bond donors (Lipinski definition) is 2. The fourth-order valence-electron chi connectivity index (χ4n) is 2.86. The van der Waals surface area contributed by atoms with E-state index in [1.54, 1.807) is 6.07 Å². The van der Waals surface area contributed by atoms with Crippen molar-refractivity contribution in [2.45, 2.75) is 38.3 Å². The van der Waals surface area contributed by atoms with Gasteiger partial charge in [-0.15, -0.1) is 24.8 Å². The molecular formula is C17H27Cl2F2N3O. The Kier molecular flexibility index (Phi) is 11.9. The van der Waals surface area contributed by atoms with Gasteiger partial charge in [-0.25, -0.2) is 8.78 Å². The Morgan fingerprint density at radius 2 is 1.88 bits per heavy atom. The van der Waals surface area contributed by atoms with Crippen LogP contribution in [0, 0.1) is 11.6 Å². The van der Waals surface area contributed by atoms with E-state index in [1.807, 2.05) is 7.05 Å². The molecule has 1 heterocycles. The number of likely N-dealkylation sites (tertiary alicyclic amines) is 1. The monoisotopic (exact) mass is 397 g/mol. The van der Waals surface area contributed by atoms with Gasteiger partial charge in [-0.05, 0) is 50.6 Å². The zero-order valence-electron chi connectivity index (χ0n) is 14.4. The molecule has 0 spiro atoms. The van der Waals surface area contributed by atoms with Crippen LogP contribution in [0.15, 0.2) is 18.2 Å². The Hall–Kier alpha value is -0.950. The summed E-state index contributed by atoms with van der Waals surface area (Å²) in [6, 6.07) is 4.26. The number of hydrogen-bond acceptors (Lipinski definition) is 3. The first-order valence-corrected chi connectivity index (χ1v) is 8.18. The molecule has 1 aromatic rings. The largest absolute Gasteiger partial charge is 0.353 e. The molecule has 1 aromatic carbocycles. The minimum atomic E-state index is -0.812. The van der Waals surface area contributed by atoms with Gasteiger partial charge in [0.05, 0.1) is 0 Å². The van der Waals surface area contributed by atoms with Crippen molar-refractivity contribution in [1.82, 2.24) is 15.5 Å². The number of nitrogens with zero attached hydrogens (tertiary/aromatic N) is 1. The van der Waals surface area contributed by atoms with Gasteiger partial charge in [0, 0.05) is 32.1 Å². The van der Waals surface area contributed by atoms with Gasteiger partial charge >= 0.3 is 0 Å². The fraction of sp³-hybridized carbons (Fsp3) is 0.588. The Morgan fingerprint density at radius 3 is 2.48 bits per heavy atom. The topological polar surface area (TPSA) is 44.4 Å². The van der Waals surface area contributed by atoms with E-state index in [0.717, 1.165) is 44.5 Å². The Labute approximate surface area is 160 Å². The molecule has 1 aliphatic rings. The molecule has 1 amide bonds. The summed E-state index contributed by atoms with van der Waals surface area (Å²) in [5.41, 5.74) is 0.776. The molecule has 2 rings (SSSR count). The molecule has 4 nitrogen and oxygen atoms in total. The lowest BCUT2D eigenvalue weighted by atomic mass is 10.0. The van der Waals surface area contributed by atoms with Gasteiger partial charge in [-0.3, -0.25) is 9.69 Å². The van der Waals surface area contributed by atoms with Crippen molar-refractivity contribution in [2.75, 3.05) is 26.7 Å². The van der Waals surface area contributed by atoms with E-state index in [2.05, 4.69) is 15.5 Å². The van der Waals surface area contributed by atoms with Crippen LogP contribution in [0.3, 0.4) is 0 Å². The van der Waals surface area contributed by atoms with Crippen LogP contribution in [0.1, 0.15) is 31.2 Å². The molecule has 25 heavy (non-hydrogen) atoms. The number of rotatable bonds is 7. The maximum atomic E-state index is 13.2. The minimum absolute atomic E-state index is 0. The summed E-state index contributed by atoms with van der Waals surface area (Å²) in [6.45, 7) is 3.15. The highest BCUT2D eigenvalue weighted by Crippen LogP contribution is 2.16. The summed E-state index contributed by atoms with van der Waals surface area (Å²) in [7, 11) is 1.88. The van der Waals surface area contributed by atoms with Crippen molar-refractivity contribution in [3.63, 3.8) is 0 Å². The van der Waals surface area contributed by atoms with E-state index in [-0.39, 0.29) is 36.8 Å². The second-order valence-electron chi connectivity index (χ2n) is 6.07. The minimum Gasteiger partial charge on any atom is -0.353 e. The average molecular weight is 398 g/mol. The van der Waals surface area contributed by atoms with E-state index in [9.17, 15) is 13.6 Å². The number of benzene rings is 1. The van der Waals surface area contributed by atoms with Crippen LogP contribution in [-0.4, -0.2) is 43.5 Å². The van der Waals surface area contributed by atoms with E-state index < -0.39 is 11.6 Å². The van der Waals surface area contributed by atoms with Crippen molar-refractivity contribution in [1.29, 1.82) is 0 Å². The highest BCUT2D eigenvalue weighted by Gasteiger charge is 2.20. The average Bonchev–Trinajstić information content (AvgIpc) is 2.53. The zero-order valence-corrected chi connectivity index (χ0v) is 16.0. The first kappa shape index (κ1) is 24.1. The molecule has 0 unspecified atom stereocenters. The molecule has 1 aliphatic heterocycles. The maximum absolute atomic E-state index is 13.2. The second kappa shape index (κ2) is 12.4. The summed E-state index contributed by atoms with van der Waals surface area (Å²) >= 11 is 0. The van der Waals surface area contributed by atoms with Crippen molar-refractivity contribution >= 4 is 30.7 Å². The van der Waals surface area contributed by atoms with E-state index in [4.69, 9.17) is 0 Å². The molecule has 144 valence electrons. The number of halogens is 4. The summed E-state index contributed by atoms with van der Waals surface area (Å²) in [4.78, 5) is 14.0. The molecule has 8 heteroatoms. The molecule has 0 saturated carbocycles. The molecule has 0 radical (unpaired) electrons. The molecule has 0 aromatic heterocycles. The first-order valence-electron chi connectivity index (χ1n) is 8.18. The fourth-order valence-corrected chi connectivity index (χ4v) is 2.86. The number of carbonyl (C=O) groups excluding carboxylic acids is 1.